The number of ether oxygens (including phenoxy) is 1. The molecule has 0 saturated carbocycles. The fraction of sp³-hybridized carbons (Fsp3) is 0.421. The highest BCUT2D eigenvalue weighted by Crippen LogP contribution is 2.19. The lowest BCUT2D eigenvalue weighted by Crippen LogP contribution is -2.49. The Kier molecular flexibility index (Phi) is 6.74. The van der Waals surface area contributed by atoms with Gasteiger partial charge in [-0.25, -0.2) is 0 Å². The van der Waals surface area contributed by atoms with E-state index in [1.807, 2.05) is 30.3 Å². The summed E-state index contributed by atoms with van der Waals surface area (Å²) in [7, 11) is 1.38. The molecule has 0 aliphatic carbocycles. The van der Waals surface area contributed by atoms with Crippen LogP contribution in [0.2, 0.25) is 0 Å². The Balaban J connectivity index is 1.81. The summed E-state index contributed by atoms with van der Waals surface area (Å²) < 4.78 is 4.74. The van der Waals surface area contributed by atoms with E-state index in [0.717, 1.165) is 5.56 Å². The van der Waals surface area contributed by atoms with Gasteiger partial charge in [0.15, 0.2) is 0 Å². The molecule has 2 amide bonds. The number of carbonyl (C=O) groups excluding carboxylic acids is 3. The average molecular weight is 344 g/mol. The van der Waals surface area contributed by atoms with Gasteiger partial charge in [-0.2, -0.15) is 0 Å². The number of likely N-dealkylation sites (tertiary alicyclic amines) is 1. The fourth-order valence-corrected chi connectivity index (χ4v) is 2.84. The zero-order chi connectivity index (χ0) is 18.2. The van der Waals surface area contributed by atoms with Crippen molar-refractivity contribution in [1.82, 2.24) is 10.2 Å². The third kappa shape index (κ3) is 5.45. The van der Waals surface area contributed by atoms with Crippen LogP contribution in [0.1, 0.15) is 25.3 Å². The second-order valence-corrected chi connectivity index (χ2v) is 6.10. The molecule has 6 nitrogen and oxygen atoms in total. The third-order valence-corrected chi connectivity index (χ3v) is 4.30. The summed E-state index contributed by atoms with van der Waals surface area (Å²) >= 11 is 0. The Morgan fingerprint density at radius 3 is 2.44 bits per heavy atom. The van der Waals surface area contributed by atoms with Crippen LogP contribution in [0.15, 0.2) is 36.4 Å². The number of hydrogen-bond acceptors (Lipinski definition) is 4. The Bertz CT molecular complexity index is 634. The minimum atomic E-state index is -0.609. The third-order valence-electron chi connectivity index (χ3n) is 4.30. The summed E-state index contributed by atoms with van der Waals surface area (Å²) in [4.78, 5) is 37.6. The molecule has 1 atom stereocenters. The van der Waals surface area contributed by atoms with E-state index in [-0.39, 0.29) is 23.7 Å². The molecule has 0 aromatic heterocycles. The van der Waals surface area contributed by atoms with E-state index in [4.69, 9.17) is 4.74 Å². The van der Waals surface area contributed by atoms with Crippen molar-refractivity contribution in [2.45, 2.75) is 25.8 Å². The van der Waals surface area contributed by atoms with Gasteiger partial charge in [-0.15, -0.1) is 0 Å². The van der Waals surface area contributed by atoms with Gasteiger partial charge in [0.05, 0.1) is 13.0 Å². The minimum absolute atomic E-state index is 0.134. The Morgan fingerprint density at radius 2 is 1.84 bits per heavy atom. The standard InChI is InChI=1S/C19H24N2O4/c1-14(20-17(22)9-8-15-6-4-3-5-7-15)18(23)21-12-10-16(11-13-21)19(24)25-2/h3-9,14,16H,10-13H2,1-2H3,(H,20,22). The zero-order valence-electron chi connectivity index (χ0n) is 14.6. The van der Waals surface area contributed by atoms with Crippen molar-refractivity contribution in [3.05, 3.63) is 42.0 Å². The number of carbonyl (C=O) groups is 3. The number of nitrogens with zero attached hydrogens (tertiary/aromatic N) is 1. The van der Waals surface area contributed by atoms with E-state index in [1.54, 1.807) is 17.9 Å². The largest absolute Gasteiger partial charge is 0.469 e. The number of nitrogens with one attached hydrogen (secondary N) is 1. The molecule has 25 heavy (non-hydrogen) atoms. The summed E-state index contributed by atoms with van der Waals surface area (Å²) in [5.41, 5.74) is 0.918. The topological polar surface area (TPSA) is 75.7 Å². The maximum atomic E-state index is 12.4. The van der Waals surface area contributed by atoms with Crippen molar-refractivity contribution in [2.24, 2.45) is 5.92 Å². The molecule has 134 valence electrons. The van der Waals surface area contributed by atoms with Crippen LogP contribution in [0.25, 0.3) is 6.08 Å². The summed E-state index contributed by atoms with van der Waals surface area (Å²) in [5.74, 6) is -0.814. The molecule has 1 heterocycles. The fourth-order valence-electron chi connectivity index (χ4n) is 2.84. The van der Waals surface area contributed by atoms with Crippen LogP contribution in [0.4, 0.5) is 0 Å². The number of benzene rings is 1. The van der Waals surface area contributed by atoms with Crippen molar-refractivity contribution in [2.75, 3.05) is 20.2 Å². The molecular weight excluding hydrogens is 320 g/mol. The summed E-state index contributed by atoms with van der Waals surface area (Å²) in [6.45, 7) is 2.67. The zero-order valence-corrected chi connectivity index (χ0v) is 14.6. The molecule has 1 aliphatic heterocycles. The number of hydrogen-bond donors (Lipinski definition) is 1. The quantitative estimate of drug-likeness (QED) is 0.650. The summed E-state index contributed by atoms with van der Waals surface area (Å²) in [5, 5.41) is 2.68. The molecule has 1 aromatic carbocycles. The Morgan fingerprint density at radius 1 is 1.20 bits per heavy atom. The molecule has 0 bridgehead atoms. The van der Waals surface area contributed by atoms with Crippen LogP contribution in [-0.4, -0.2) is 48.9 Å². The van der Waals surface area contributed by atoms with Crippen LogP contribution < -0.4 is 5.32 Å². The van der Waals surface area contributed by atoms with E-state index in [9.17, 15) is 14.4 Å². The van der Waals surface area contributed by atoms with Gasteiger partial charge in [-0.3, -0.25) is 14.4 Å². The SMILES string of the molecule is COC(=O)C1CCN(C(=O)C(C)NC(=O)C=Cc2ccccc2)CC1. The van der Waals surface area contributed by atoms with E-state index >= 15 is 0 Å². The monoisotopic (exact) mass is 344 g/mol. The normalized spacial score (nSPS) is 16.5. The van der Waals surface area contributed by atoms with E-state index < -0.39 is 6.04 Å². The highest BCUT2D eigenvalue weighted by atomic mass is 16.5. The van der Waals surface area contributed by atoms with Gasteiger partial charge >= 0.3 is 5.97 Å². The summed E-state index contributed by atoms with van der Waals surface area (Å²) in [6.07, 6.45) is 4.30. The van der Waals surface area contributed by atoms with Crippen LogP contribution in [0.3, 0.4) is 0 Å². The molecule has 1 fully saturated rings. The van der Waals surface area contributed by atoms with Crippen molar-refractivity contribution in [1.29, 1.82) is 0 Å². The van der Waals surface area contributed by atoms with Crippen molar-refractivity contribution < 1.29 is 19.1 Å². The molecular formula is C19H24N2O4. The van der Waals surface area contributed by atoms with Crippen LogP contribution >= 0.6 is 0 Å². The van der Waals surface area contributed by atoms with Crippen LogP contribution in [0, 0.1) is 5.92 Å². The second kappa shape index (κ2) is 9.01. The molecule has 1 aliphatic rings. The minimum Gasteiger partial charge on any atom is -0.469 e. The number of amides is 2. The first-order valence-electron chi connectivity index (χ1n) is 8.41. The first-order valence-corrected chi connectivity index (χ1v) is 8.41. The van der Waals surface area contributed by atoms with Gasteiger partial charge in [-0.05, 0) is 31.4 Å². The number of esters is 1. The van der Waals surface area contributed by atoms with Crippen molar-refractivity contribution in [3.8, 4) is 0 Å². The Labute approximate surface area is 147 Å². The van der Waals surface area contributed by atoms with Gasteiger partial charge in [-0.1, -0.05) is 30.3 Å². The predicted octanol–water partition coefficient (Wildman–Crippen LogP) is 1.62. The van der Waals surface area contributed by atoms with Gasteiger partial charge in [0, 0.05) is 19.2 Å². The number of piperidine rings is 1. The maximum Gasteiger partial charge on any atom is 0.308 e. The highest BCUT2D eigenvalue weighted by molar-refractivity contribution is 5.95. The average Bonchev–Trinajstić information content (AvgIpc) is 2.66. The maximum absolute atomic E-state index is 12.4. The molecule has 1 N–H and O–H groups in total. The molecule has 1 aromatic rings. The molecule has 1 unspecified atom stereocenters. The first-order chi connectivity index (χ1) is 12.0. The lowest BCUT2D eigenvalue weighted by atomic mass is 9.96. The van der Waals surface area contributed by atoms with Crippen LogP contribution in [-0.2, 0) is 19.1 Å². The molecule has 2 rings (SSSR count). The molecule has 1 saturated heterocycles. The number of rotatable bonds is 5. The van der Waals surface area contributed by atoms with E-state index in [0.29, 0.717) is 25.9 Å². The highest BCUT2D eigenvalue weighted by Gasteiger charge is 2.29. The van der Waals surface area contributed by atoms with Gasteiger partial charge in [0.1, 0.15) is 6.04 Å². The second-order valence-electron chi connectivity index (χ2n) is 6.10. The van der Waals surface area contributed by atoms with Crippen molar-refractivity contribution >= 4 is 23.9 Å². The molecule has 0 spiro atoms. The first kappa shape index (κ1) is 18.7. The van der Waals surface area contributed by atoms with E-state index in [1.165, 1.54) is 13.2 Å². The van der Waals surface area contributed by atoms with Gasteiger partial charge in [0.25, 0.3) is 0 Å². The molecule has 0 radical (unpaired) electrons. The smallest absolute Gasteiger partial charge is 0.308 e. The van der Waals surface area contributed by atoms with Crippen LogP contribution in [0.5, 0.6) is 0 Å². The predicted molar refractivity (Wildman–Crippen MR) is 94.4 cm³/mol. The Hall–Kier alpha value is -2.63. The van der Waals surface area contributed by atoms with Gasteiger partial charge < -0.3 is 15.0 Å². The van der Waals surface area contributed by atoms with E-state index in [2.05, 4.69) is 5.32 Å². The molecule has 6 heteroatoms. The number of methoxy groups -OCH3 is 1. The summed E-state index contributed by atoms with van der Waals surface area (Å²) in [6, 6.07) is 8.86. The van der Waals surface area contributed by atoms with Crippen molar-refractivity contribution in [3.63, 3.8) is 0 Å². The lowest BCUT2D eigenvalue weighted by molar-refractivity contribution is -0.149. The lowest BCUT2D eigenvalue weighted by Gasteiger charge is -2.32. The van der Waals surface area contributed by atoms with Gasteiger partial charge in [0.2, 0.25) is 11.8 Å².